The summed E-state index contributed by atoms with van der Waals surface area (Å²) in [5.41, 5.74) is 1.21. The highest BCUT2D eigenvalue weighted by Crippen LogP contribution is 2.17. The number of hydrogen-bond donors (Lipinski definition) is 1. The van der Waals surface area contributed by atoms with E-state index in [2.05, 4.69) is 42.7 Å². The molecular weight excluding hydrogens is 240 g/mol. The van der Waals surface area contributed by atoms with Gasteiger partial charge in [-0.3, -0.25) is 0 Å². The van der Waals surface area contributed by atoms with E-state index in [1.165, 1.54) is 5.69 Å². The Bertz CT molecular complexity index is 359. The van der Waals surface area contributed by atoms with Gasteiger partial charge in [-0.1, -0.05) is 25.1 Å². The predicted octanol–water partition coefficient (Wildman–Crippen LogP) is 3.75. The Hall–Kier alpha value is -1.14. The molecule has 0 saturated carbocycles. The van der Waals surface area contributed by atoms with Crippen LogP contribution in [-0.2, 0) is 0 Å². The summed E-state index contributed by atoms with van der Waals surface area (Å²) >= 11 is 4.27. The number of thiol groups is 1. The molecule has 1 rings (SSSR count). The van der Waals surface area contributed by atoms with Gasteiger partial charge in [0, 0.05) is 18.8 Å². The number of hydrogen-bond acceptors (Lipinski definition) is 3. The van der Waals surface area contributed by atoms with Gasteiger partial charge < -0.3 is 4.90 Å². The zero-order valence-electron chi connectivity index (χ0n) is 11.0. The minimum absolute atomic E-state index is 0.579. The molecular formula is C15H22N2S. The predicted molar refractivity (Wildman–Crippen MR) is 81.1 cm³/mol. The van der Waals surface area contributed by atoms with Crippen LogP contribution < -0.4 is 4.90 Å². The fourth-order valence-electron chi connectivity index (χ4n) is 1.93. The summed E-state index contributed by atoms with van der Waals surface area (Å²) in [7, 11) is 0. The minimum Gasteiger partial charge on any atom is -0.370 e. The molecule has 1 aromatic carbocycles. The molecule has 1 atom stereocenters. The first-order valence-corrected chi connectivity index (χ1v) is 7.19. The Morgan fingerprint density at radius 1 is 1.22 bits per heavy atom. The molecule has 0 aliphatic carbocycles. The number of anilines is 1. The minimum atomic E-state index is 0.579. The van der Waals surface area contributed by atoms with Gasteiger partial charge in [0.2, 0.25) is 0 Å². The molecule has 0 aliphatic heterocycles. The molecule has 0 amide bonds. The van der Waals surface area contributed by atoms with Crippen LogP contribution in [-0.4, -0.2) is 18.8 Å². The maximum Gasteiger partial charge on any atom is 0.0640 e. The van der Waals surface area contributed by atoms with E-state index in [1.807, 2.05) is 18.2 Å². The second-order valence-electron chi connectivity index (χ2n) is 4.64. The molecule has 1 unspecified atom stereocenters. The van der Waals surface area contributed by atoms with Crippen LogP contribution in [0.1, 0.15) is 26.2 Å². The third kappa shape index (κ3) is 5.46. The van der Waals surface area contributed by atoms with Crippen LogP contribution in [0.3, 0.4) is 0 Å². The van der Waals surface area contributed by atoms with Crippen molar-refractivity contribution in [2.45, 2.75) is 26.2 Å². The van der Waals surface area contributed by atoms with Crippen LogP contribution in [0.5, 0.6) is 0 Å². The molecule has 0 radical (unpaired) electrons. The lowest BCUT2D eigenvalue weighted by Crippen LogP contribution is -2.26. The Morgan fingerprint density at radius 3 is 2.56 bits per heavy atom. The maximum atomic E-state index is 8.74. The van der Waals surface area contributed by atoms with Gasteiger partial charge in [0.25, 0.3) is 0 Å². The second kappa shape index (κ2) is 8.88. The molecule has 1 aromatic rings. The largest absolute Gasteiger partial charge is 0.370 e. The van der Waals surface area contributed by atoms with E-state index in [-0.39, 0.29) is 0 Å². The highest BCUT2D eigenvalue weighted by atomic mass is 32.1. The summed E-state index contributed by atoms with van der Waals surface area (Å²) in [4.78, 5) is 2.30. The molecule has 0 aliphatic rings. The SMILES string of the molecule is CC(CCS)CCN(CCC#N)c1ccccc1. The van der Waals surface area contributed by atoms with Gasteiger partial charge in [-0.25, -0.2) is 0 Å². The van der Waals surface area contributed by atoms with Crippen LogP contribution in [0, 0.1) is 17.2 Å². The van der Waals surface area contributed by atoms with E-state index in [9.17, 15) is 0 Å². The molecule has 0 saturated heterocycles. The lowest BCUT2D eigenvalue weighted by atomic mass is 10.0. The standard InChI is InChI=1S/C15H22N2S/c1-14(9-13-18)8-12-17(11-5-10-16)15-6-3-2-4-7-15/h2-4,6-7,14,18H,5,8-9,11-13H2,1H3. The van der Waals surface area contributed by atoms with E-state index in [1.54, 1.807) is 0 Å². The fraction of sp³-hybridized carbons (Fsp3) is 0.533. The third-order valence-corrected chi connectivity index (χ3v) is 3.39. The first-order valence-electron chi connectivity index (χ1n) is 6.55. The smallest absolute Gasteiger partial charge is 0.0640 e. The molecule has 0 bridgehead atoms. The van der Waals surface area contributed by atoms with Crippen molar-refractivity contribution >= 4 is 18.3 Å². The van der Waals surface area contributed by atoms with Gasteiger partial charge >= 0.3 is 0 Å². The molecule has 0 aromatic heterocycles. The summed E-state index contributed by atoms with van der Waals surface area (Å²) in [6, 6.07) is 12.6. The topological polar surface area (TPSA) is 27.0 Å². The van der Waals surface area contributed by atoms with Gasteiger partial charge in [0.05, 0.1) is 12.5 Å². The maximum absolute atomic E-state index is 8.74. The first-order chi connectivity index (χ1) is 8.77. The van der Waals surface area contributed by atoms with Crippen LogP contribution in [0.2, 0.25) is 0 Å². The fourth-order valence-corrected chi connectivity index (χ4v) is 2.38. The molecule has 18 heavy (non-hydrogen) atoms. The van der Waals surface area contributed by atoms with E-state index in [0.717, 1.165) is 31.7 Å². The van der Waals surface area contributed by atoms with Gasteiger partial charge in [-0.2, -0.15) is 17.9 Å². The van der Waals surface area contributed by atoms with E-state index in [0.29, 0.717) is 12.3 Å². The monoisotopic (exact) mass is 262 g/mol. The molecule has 2 nitrogen and oxygen atoms in total. The lowest BCUT2D eigenvalue weighted by molar-refractivity contribution is 0.515. The Balaban J connectivity index is 2.54. The zero-order valence-corrected chi connectivity index (χ0v) is 11.9. The van der Waals surface area contributed by atoms with Crippen LogP contribution in [0.4, 0.5) is 5.69 Å². The van der Waals surface area contributed by atoms with E-state index >= 15 is 0 Å². The lowest BCUT2D eigenvalue weighted by Gasteiger charge is -2.25. The van der Waals surface area contributed by atoms with E-state index in [4.69, 9.17) is 5.26 Å². The molecule has 0 N–H and O–H groups in total. The summed E-state index contributed by atoms with van der Waals surface area (Å²) < 4.78 is 0. The average Bonchev–Trinajstić information content (AvgIpc) is 2.40. The van der Waals surface area contributed by atoms with Crippen molar-refractivity contribution in [1.82, 2.24) is 0 Å². The van der Waals surface area contributed by atoms with Gasteiger partial charge in [0.1, 0.15) is 0 Å². The highest BCUT2D eigenvalue weighted by molar-refractivity contribution is 7.80. The summed E-state index contributed by atoms with van der Waals surface area (Å²) in [5, 5.41) is 8.74. The Kier molecular flexibility index (Phi) is 7.36. The number of benzene rings is 1. The van der Waals surface area contributed by atoms with Crippen molar-refractivity contribution in [2.75, 3.05) is 23.7 Å². The third-order valence-electron chi connectivity index (χ3n) is 3.13. The van der Waals surface area contributed by atoms with Crippen LogP contribution in [0.25, 0.3) is 0 Å². The van der Waals surface area contributed by atoms with Gasteiger partial charge in [-0.05, 0) is 36.6 Å². The Morgan fingerprint density at radius 2 is 1.94 bits per heavy atom. The van der Waals surface area contributed by atoms with Crippen molar-refractivity contribution in [1.29, 1.82) is 5.26 Å². The average molecular weight is 262 g/mol. The number of nitrogens with zero attached hydrogens (tertiary/aromatic N) is 2. The van der Waals surface area contributed by atoms with Crippen LogP contribution in [0.15, 0.2) is 30.3 Å². The second-order valence-corrected chi connectivity index (χ2v) is 5.08. The quantitative estimate of drug-likeness (QED) is 0.722. The normalized spacial score (nSPS) is 11.8. The zero-order chi connectivity index (χ0) is 13.2. The van der Waals surface area contributed by atoms with Crippen LogP contribution >= 0.6 is 12.6 Å². The van der Waals surface area contributed by atoms with Crippen molar-refractivity contribution in [2.24, 2.45) is 5.92 Å². The number of nitriles is 1. The van der Waals surface area contributed by atoms with Crippen molar-refractivity contribution < 1.29 is 0 Å². The van der Waals surface area contributed by atoms with Crippen molar-refractivity contribution in [3.63, 3.8) is 0 Å². The first kappa shape index (κ1) is 14.9. The summed E-state index contributed by atoms with van der Waals surface area (Å²) in [5.74, 6) is 1.64. The Labute approximate surface area is 116 Å². The molecule has 3 heteroatoms. The molecule has 0 spiro atoms. The number of para-hydroxylation sites is 1. The molecule has 0 fully saturated rings. The highest BCUT2D eigenvalue weighted by Gasteiger charge is 2.08. The number of rotatable bonds is 8. The van der Waals surface area contributed by atoms with E-state index < -0.39 is 0 Å². The summed E-state index contributed by atoms with van der Waals surface area (Å²) in [6.45, 7) is 4.10. The van der Waals surface area contributed by atoms with Gasteiger partial charge in [0.15, 0.2) is 0 Å². The van der Waals surface area contributed by atoms with Crippen molar-refractivity contribution in [3.05, 3.63) is 30.3 Å². The molecule has 0 heterocycles. The van der Waals surface area contributed by atoms with Gasteiger partial charge in [-0.15, -0.1) is 0 Å². The molecule has 98 valence electrons. The van der Waals surface area contributed by atoms with Crippen molar-refractivity contribution in [3.8, 4) is 6.07 Å². The summed E-state index contributed by atoms with van der Waals surface area (Å²) in [6.07, 6.45) is 2.89.